The molecular weight excluding hydrogens is 154 g/mol. The minimum Gasteiger partial charge on any atom is -0.198 e. The van der Waals surface area contributed by atoms with Gasteiger partial charge in [-0.15, -0.1) is 0 Å². The van der Waals surface area contributed by atoms with Crippen molar-refractivity contribution in [3.05, 3.63) is 35.9 Å². The lowest BCUT2D eigenvalue weighted by Crippen LogP contribution is -1.86. The average Bonchev–Trinajstić information content (AvgIpc) is 2.07. The van der Waals surface area contributed by atoms with Crippen LogP contribution in [0, 0.1) is 11.3 Å². The fourth-order valence-electron chi connectivity index (χ4n) is 0.880. The molecule has 1 rings (SSSR count). The Labute approximate surface area is 72.1 Å². The second-order valence-corrected chi connectivity index (χ2v) is 2.91. The van der Waals surface area contributed by atoms with Gasteiger partial charge in [0.1, 0.15) is 0 Å². The second-order valence-electron chi connectivity index (χ2n) is 2.29. The van der Waals surface area contributed by atoms with Crippen LogP contribution in [0.4, 0.5) is 0 Å². The van der Waals surface area contributed by atoms with Gasteiger partial charge < -0.3 is 0 Å². The SMILES string of the molecule is N#CCC(S)c1ccccc1. The Kier molecular flexibility index (Phi) is 3.00. The first-order valence-electron chi connectivity index (χ1n) is 3.44. The quantitative estimate of drug-likeness (QED) is 0.665. The van der Waals surface area contributed by atoms with E-state index < -0.39 is 0 Å². The van der Waals surface area contributed by atoms with E-state index >= 15 is 0 Å². The van der Waals surface area contributed by atoms with E-state index in [2.05, 4.69) is 18.7 Å². The maximum atomic E-state index is 8.40. The van der Waals surface area contributed by atoms with Crippen molar-refractivity contribution in [2.45, 2.75) is 11.7 Å². The molecule has 0 radical (unpaired) electrons. The summed E-state index contributed by atoms with van der Waals surface area (Å²) in [4.78, 5) is 0. The molecule has 1 nitrogen and oxygen atoms in total. The zero-order chi connectivity index (χ0) is 8.10. The first-order chi connectivity index (χ1) is 5.34. The Balaban J connectivity index is 2.70. The summed E-state index contributed by atoms with van der Waals surface area (Å²) in [5, 5.41) is 8.46. The average molecular weight is 163 g/mol. The fourth-order valence-corrected chi connectivity index (χ4v) is 1.13. The molecule has 0 bridgehead atoms. The monoisotopic (exact) mass is 163 g/mol. The highest BCUT2D eigenvalue weighted by molar-refractivity contribution is 7.80. The van der Waals surface area contributed by atoms with Crippen molar-refractivity contribution in [3.63, 3.8) is 0 Å². The molecule has 1 aromatic rings. The number of hydrogen-bond acceptors (Lipinski definition) is 2. The fraction of sp³-hybridized carbons (Fsp3) is 0.222. The van der Waals surface area contributed by atoms with Crippen LogP contribution < -0.4 is 0 Å². The first-order valence-corrected chi connectivity index (χ1v) is 3.96. The summed E-state index contributed by atoms with van der Waals surface area (Å²) in [5.41, 5.74) is 1.11. The van der Waals surface area contributed by atoms with Crippen LogP contribution in [-0.4, -0.2) is 0 Å². The molecular formula is C9H9NS. The van der Waals surface area contributed by atoms with Crippen molar-refractivity contribution in [1.82, 2.24) is 0 Å². The van der Waals surface area contributed by atoms with Gasteiger partial charge in [0.2, 0.25) is 0 Å². The zero-order valence-corrected chi connectivity index (χ0v) is 6.96. The molecule has 0 amide bonds. The predicted octanol–water partition coefficient (Wildman–Crippen LogP) is 2.57. The molecule has 1 aromatic carbocycles. The molecule has 56 valence electrons. The topological polar surface area (TPSA) is 23.8 Å². The molecule has 0 N–H and O–H groups in total. The first kappa shape index (κ1) is 8.16. The Morgan fingerprint density at radius 1 is 1.36 bits per heavy atom. The van der Waals surface area contributed by atoms with Gasteiger partial charge >= 0.3 is 0 Å². The van der Waals surface area contributed by atoms with Gasteiger partial charge in [0.25, 0.3) is 0 Å². The number of nitrogens with zero attached hydrogens (tertiary/aromatic N) is 1. The Hall–Kier alpha value is -0.940. The van der Waals surface area contributed by atoms with E-state index in [0.29, 0.717) is 6.42 Å². The van der Waals surface area contributed by atoms with E-state index in [-0.39, 0.29) is 5.25 Å². The van der Waals surface area contributed by atoms with E-state index in [1.165, 1.54) is 0 Å². The van der Waals surface area contributed by atoms with Gasteiger partial charge in [0, 0.05) is 5.25 Å². The highest BCUT2D eigenvalue weighted by Crippen LogP contribution is 2.21. The van der Waals surface area contributed by atoms with Gasteiger partial charge in [-0.3, -0.25) is 0 Å². The van der Waals surface area contributed by atoms with Gasteiger partial charge in [-0.2, -0.15) is 17.9 Å². The number of hydrogen-bond donors (Lipinski definition) is 1. The molecule has 2 heteroatoms. The number of nitriles is 1. The van der Waals surface area contributed by atoms with Gasteiger partial charge in [-0.05, 0) is 5.56 Å². The van der Waals surface area contributed by atoms with Crippen LogP contribution in [0.5, 0.6) is 0 Å². The highest BCUT2D eigenvalue weighted by Gasteiger charge is 2.02. The number of benzene rings is 1. The molecule has 0 saturated heterocycles. The second kappa shape index (κ2) is 4.05. The van der Waals surface area contributed by atoms with Crippen LogP contribution in [-0.2, 0) is 0 Å². The van der Waals surface area contributed by atoms with Crippen molar-refractivity contribution in [3.8, 4) is 6.07 Å². The summed E-state index contributed by atoms with van der Waals surface area (Å²) in [6.07, 6.45) is 0.465. The van der Waals surface area contributed by atoms with Crippen molar-refractivity contribution in [2.24, 2.45) is 0 Å². The largest absolute Gasteiger partial charge is 0.198 e. The third-order valence-corrected chi connectivity index (χ3v) is 1.95. The Morgan fingerprint density at radius 3 is 2.55 bits per heavy atom. The van der Waals surface area contributed by atoms with Gasteiger partial charge in [-0.25, -0.2) is 0 Å². The molecule has 11 heavy (non-hydrogen) atoms. The lowest BCUT2D eigenvalue weighted by atomic mass is 10.1. The smallest absolute Gasteiger partial charge is 0.0636 e. The molecule has 0 heterocycles. The summed E-state index contributed by atoms with van der Waals surface area (Å²) in [7, 11) is 0. The van der Waals surface area contributed by atoms with E-state index in [1.54, 1.807) is 0 Å². The summed E-state index contributed by atoms with van der Waals surface area (Å²) >= 11 is 4.28. The normalized spacial score (nSPS) is 12.0. The van der Waals surface area contributed by atoms with Crippen molar-refractivity contribution >= 4 is 12.6 Å². The summed E-state index contributed by atoms with van der Waals surface area (Å²) < 4.78 is 0. The molecule has 0 saturated carbocycles. The Morgan fingerprint density at radius 2 is 2.00 bits per heavy atom. The van der Waals surface area contributed by atoms with Gasteiger partial charge in [-0.1, -0.05) is 30.3 Å². The van der Waals surface area contributed by atoms with Crippen LogP contribution >= 0.6 is 12.6 Å². The maximum absolute atomic E-state index is 8.40. The van der Waals surface area contributed by atoms with E-state index in [9.17, 15) is 0 Å². The molecule has 0 aliphatic heterocycles. The lowest BCUT2D eigenvalue weighted by Gasteiger charge is -2.04. The third kappa shape index (κ3) is 2.28. The summed E-state index contributed by atoms with van der Waals surface area (Å²) in [6.45, 7) is 0. The van der Waals surface area contributed by atoms with Crippen LogP contribution in [0.2, 0.25) is 0 Å². The van der Waals surface area contributed by atoms with Crippen LogP contribution in [0.1, 0.15) is 17.2 Å². The summed E-state index contributed by atoms with van der Waals surface area (Å²) in [6, 6.07) is 11.9. The minimum absolute atomic E-state index is 0.0567. The van der Waals surface area contributed by atoms with E-state index in [4.69, 9.17) is 5.26 Å². The van der Waals surface area contributed by atoms with Crippen molar-refractivity contribution in [2.75, 3.05) is 0 Å². The number of rotatable bonds is 2. The molecule has 0 aliphatic rings. The van der Waals surface area contributed by atoms with E-state index in [1.807, 2.05) is 30.3 Å². The van der Waals surface area contributed by atoms with Crippen LogP contribution in [0.15, 0.2) is 30.3 Å². The van der Waals surface area contributed by atoms with Gasteiger partial charge in [0.05, 0.1) is 12.5 Å². The van der Waals surface area contributed by atoms with Crippen molar-refractivity contribution < 1.29 is 0 Å². The molecule has 0 spiro atoms. The number of thiol groups is 1. The zero-order valence-electron chi connectivity index (χ0n) is 6.07. The minimum atomic E-state index is 0.0567. The Bertz CT molecular complexity index is 250. The maximum Gasteiger partial charge on any atom is 0.0636 e. The molecule has 0 aromatic heterocycles. The van der Waals surface area contributed by atoms with E-state index in [0.717, 1.165) is 5.56 Å². The molecule has 1 unspecified atom stereocenters. The molecule has 0 aliphatic carbocycles. The van der Waals surface area contributed by atoms with Gasteiger partial charge in [0.15, 0.2) is 0 Å². The predicted molar refractivity (Wildman–Crippen MR) is 48.4 cm³/mol. The molecule has 0 fully saturated rings. The van der Waals surface area contributed by atoms with Crippen LogP contribution in [0.3, 0.4) is 0 Å². The lowest BCUT2D eigenvalue weighted by molar-refractivity contribution is 0.988. The molecule has 1 atom stereocenters. The summed E-state index contributed by atoms with van der Waals surface area (Å²) in [5.74, 6) is 0. The van der Waals surface area contributed by atoms with Crippen molar-refractivity contribution in [1.29, 1.82) is 5.26 Å². The van der Waals surface area contributed by atoms with Crippen LogP contribution in [0.25, 0.3) is 0 Å². The highest BCUT2D eigenvalue weighted by atomic mass is 32.1. The third-order valence-electron chi connectivity index (χ3n) is 1.47. The standard InChI is InChI=1S/C9H9NS/c10-7-6-9(11)8-4-2-1-3-5-8/h1-5,9,11H,6H2.